The molecule has 0 bridgehead atoms. The van der Waals surface area contributed by atoms with Gasteiger partial charge in [0.25, 0.3) is 0 Å². The summed E-state index contributed by atoms with van der Waals surface area (Å²) in [6, 6.07) is 3.00. The molecule has 0 aromatic carbocycles. The first-order valence-corrected chi connectivity index (χ1v) is 5.68. The first-order chi connectivity index (χ1) is 9.20. The number of nitro groups is 1. The molecule has 8 nitrogen and oxygen atoms in total. The lowest BCUT2D eigenvalue weighted by molar-refractivity contribution is -0.384. The summed E-state index contributed by atoms with van der Waals surface area (Å²) in [5.74, 6) is 0.123. The minimum atomic E-state index is -0.575. The number of ether oxygens (including phenoxy) is 2. The van der Waals surface area contributed by atoms with Crippen LogP contribution in [0.4, 0.5) is 11.5 Å². The van der Waals surface area contributed by atoms with E-state index in [-0.39, 0.29) is 23.2 Å². The topological polar surface area (TPSA) is 110 Å². The molecule has 1 atom stereocenters. The van der Waals surface area contributed by atoms with Crippen molar-refractivity contribution in [1.29, 1.82) is 5.26 Å². The Morgan fingerprint density at radius 1 is 1.63 bits per heavy atom. The fourth-order valence-electron chi connectivity index (χ4n) is 1.65. The van der Waals surface area contributed by atoms with Crippen LogP contribution in [0, 0.1) is 21.4 Å². The summed E-state index contributed by atoms with van der Waals surface area (Å²) in [7, 11) is 0. The van der Waals surface area contributed by atoms with E-state index in [0.717, 1.165) is 0 Å². The van der Waals surface area contributed by atoms with Gasteiger partial charge in [0.15, 0.2) is 0 Å². The molecule has 0 aliphatic carbocycles. The molecule has 8 heteroatoms. The Kier molecular flexibility index (Phi) is 4.22. The Morgan fingerprint density at radius 2 is 2.47 bits per heavy atom. The molecule has 1 saturated heterocycles. The summed E-state index contributed by atoms with van der Waals surface area (Å²) in [4.78, 5) is 14.2. The number of hydrogen-bond donors (Lipinski definition) is 1. The van der Waals surface area contributed by atoms with Gasteiger partial charge in [-0.3, -0.25) is 10.1 Å². The van der Waals surface area contributed by atoms with Crippen molar-refractivity contribution >= 4 is 11.5 Å². The number of aromatic nitrogens is 1. The molecule has 1 aromatic rings. The predicted molar refractivity (Wildman–Crippen MR) is 64.7 cm³/mol. The zero-order valence-corrected chi connectivity index (χ0v) is 10.0. The molecule has 1 aromatic heterocycles. The van der Waals surface area contributed by atoms with E-state index in [1.54, 1.807) is 0 Å². The lowest BCUT2D eigenvalue weighted by atomic mass is 10.2. The molecule has 0 amide bonds. The van der Waals surface area contributed by atoms with E-state index in [0.29, 0.717) is 26.4 Å². The number of anilines is 1. The molecular formula is C11H12N4O4. The van der Waals surface area contributed by atoms with Crippen LogP contribution in [0.25, 0.3) is 0 Å². The van der Waals surface area contributed by atoms with E-state index in [1.165, 1.54) is 12.3 Å². The van der Waals surface area contributed by atoms with Crippen LogP contribution < -0.4 is 5.32 Å². The second kappa shape index (κ2) is 6.08. The molecule has 2 rings (SSSR count). The summed E-state index contributed by atoms with van der Waals surface area (Å²) < 4.78 is 10.6. The lowest BCUT2D eigenvalue weighted by Crippen LogP contribution is -2.34. The summed E-state index contributed by atoms with van der Waals surface area (Å²) in [6.45, 7) is 1.87. The zero-order chi connectivity index (χ0) is 13.7. The number of nitrogens with zero attached hydrogens (tertiary/aromatic N) is 3. The van der Waals surface area contributed by atoms with Gasteiger partial charge in [0.2, 0.25) is 5.82 Å². The van der Waals surface area contributed by atoms with E-state index in [2.05, 4.69) is 10.3 Å². The van der Waals surface area contributed by atoms with Gasteiger partial charge in [-0.2, -0.15) is 5.26 Å². The normalized spacial score (nSPS) is 18.6. The van der Waals surface area contributed by atoms with Gasteiger partial charge in [-0.1, -0.05) is 0 Å². The molecule has 1 aliphatic heterocycles. The molecule has 19 heavy (non-hydrogen) atoms. The minimum Gasteiger partial charge on any atom is -0.376 e. The number of nitrogens with one attached hydrogen (secondary N) is 1. The number of hydrogen-bond acceptors (Lipinski definition) is 7. The van der Waals surface area contributed by atoms with Gasteiger partial charge in [-0.25, -0.2) is 4.98 Å². The van der Waals surface area contributed by atoms with Crippen molar-refractivity contribution in [3.05, 3.63) is 27.9 Å². The fourth-order valence-corrected chi connectivity index (χ4v) is 1.65. The average molecular weight is 264 g/mol. The minimum absolute atomic E-state index is 0.123. The van der Waals surface area contributed by atoms with E-state index in [1.807, 2.05) is 6.07 Å². The number of nitriles is 1. The average Bonchev–Trinajstić information content (AvgIpc) is 2.46. The second-order valence-corrected chi connectivity index (χ2v) is 3.91. The number of pyridine rings is 1. The molecule has 1 aliphatic rings. The maximum Gasteiger partial charge on any atom is 0.312 e. The highest BCUT2D eigenvalue weighted by atomic mass is 16.6. The van der Waals surface area contributed by atoms with Gasteiger partial charge in [0, 0.05) is 18.8 Å². The van der Waals surface area contributed by atoms with E-state index >= 15 is 0 Å². The maximum absolute atomic E-state index is 10.9. The van der Waals surface area contributed by atoms with Crippen LogP contribution >= 0.6 is 0 Å². The van der Waals surface area contributed by atoms with Crippen LogP contribution in [-0.4, -0.2) is 42.4 Å². The largest absolute Gasteiger partial charge is 0.376 e. The van der Waals surface area contributed by atoms with Crippen molar-refractivity contribution in [1.82, 2.24) is 4.98 Å². The van der Waals surface area contributed by atoms with E-state index in [9.17, 15) is 10.1 Å². The molecule has 1 N–H and O–H groups in total. The van der Waals surface area contributed by atoms with Gasteiger partial charge >= 0.3 is 5.69 Å². The van der Waals surface area contributed by atoms with Crippen LogP contribution in [0.2, 0.25) is 0 Å². The highest BCUT2D eigenvalue weighted by molar-refractivity contribution is 5.58. The molecular weight excluding hydrogens is 252 g/mol. The SMILES string of the molecule is N#Cc1cnc(NCC2COCCO2)c([N+](=O)[O-])c1. The van der Waals surface area contributed by atoms with Crippen molar-refractivity contribution in [2.45, 2.75) is 6.10 Å². The van der Waals surface area contributed by atoms with Crippen LogP contribution in [0.15, 0.2) is 12.3 Å². The van der Waals surface area contributed by atoms with Gasteiger partial charge in [0.1, 0.15) is 6.07 Å². The molecule has 1 fully saturated rings. The fraction of sp³-hybridized carbons (Fsp3) is 0.455. The third-order valence-corrected chi connectivity index (χ3v) is 2.58. The summed E-state index contributed by atoms with van der Waals surface area (Å²) in [5.41, 5.74) is -0.0784. The lowest BCUT2D eigenvalue weighted by Gasteiger charge is -2.23. The highest BCUT2D eigenvalue weighted by Crippen LogP contribution is 2.22. The first-order valence-electron chi connectivity index (χ1n) is 5.68. The Labute approximate surface area is 109 Å². The number of rotatable bonds is 4. The molecule has 1 unspecified atom stereocenters. The summed E-state index contributed by atoms with van der Waals surface area (Å²) in [6.07, 6.45) is 1.12. The van der Waals surface area contributed by atoms with Crippen molar-refractivity contribution in [2.75, 3.05) is 31.7 Å². The van der Waals surface area contributed by atoms with Gasteiger partial charge < -0.3 is 14.8 Å². The Hall–Kier alpha value is -2.24. The molecule has 0 spiro atoms. The molecule has 100 valence electrons. The molecule has 2 heterocycles. The summed E-state index contributed by atoms with van der Waals surface area (Å²) in [5, 5.41) is 22.4. The first kappa shape index (κ1) is 13.2. The van der Waals surface area contributed by atoms with Gasteiger partial charge in [-0.15, -0.1) is 0 Å². The standard InChI is InChI=1S/C11H12N4O4/c12-4-8-3-10(15(16)17)11(13-5-8)14-6-9-7-18-1-2-19-9/h3,5,9H,1-2,6-7H2,(H,13,14). The Balaban J connectivity index is 2.06. The van der Waals surface area contributed by atoms with Crippen molar-refractivity contribution in [3.63, 3.8) is 0 Å². The molecule has 0 saturated carbocycles. The zero-order valence-electron chi connectivity index (χ0n) is 10.0. The maximum atomic E-state index is 10.9. The Morgan fingerprint density at radius 3 is 3.11 bits per heavy atom. The predicted octanol–water partition coefficient (Wildman–Crippen LogP) is 0.689. The van der Waals surface area contributed by atoms with Crippen LogP contribution in [-0.2, 0) is 9.47 Å². The van der Waals surface area contributed by atoms with Gasteiger partial charge in [-0.05, 0) is 0 Å². The highest BCUT2D eigenvalue weighted by Gasteiger charge is 2.19. The van der Waals surface area contributed by atoms with Crippen molar-refractivity contribution < 1.29 is 14.4 Å². The van der Waals surface area contributed by atoms with Gasteiger partial charge in [0.05, 0.1) is 36.4 Å². The van der Waals surface area contributed by atoms with Crippen molar-refractivity contribution in [3.8, 4) is 6.07 Å². The van der Waals surface area contributed by atoms with Crippen LogP contribution in [0.3, 0.4) is 0 Å². The van der Waals surface area contributed by atoms with E-state index in [4.69, 9.17) is 14.7 Å². The Bertz CT molecular complexity index is 508. The third-order valence-electron chi connectivity index (χ3n) is 2.58. The van der Waals surface area contributed by atoms with E-state index < -0.39 is 4.92 Å². The quantitative estimate of drug-likeness (QED) is 0.629. The smallest absolute Gasteiger partial charge is 0.312 e. The van der Waals surface area contributed by atoms with Crippen LogP contribution in [0.1, 0.15) is 5.56 Å². The second-order valence-electron chi connectivity index (χ2n) is 3.91. The van der Waals surface area contributed by atoms with Crippen molar-refractivity contribution in [2.24, 2.45) is 0 Å². The monoisotopic (exact) mass is 264 g/mol. The third kappa shape index (κ3) is 3.37. The summed E-state index contributed by atoms with van der Waals surface area (Å²) >= 11 is 0. The molecule has 0 radical (unpaired) electrons. The van der Waals surface area contributed by atoms with Crippen LogP contribution in [0.5, 0.6) is 0 Å².